The molecule has 3 N–H and O–H groups in total. The molecule has 0 atom stereocenters. The van der Waals surface area contributed by atoms with Crippen molar-refractivity contribution in [3.63, 3.8) is 0 Å². The largest absolute Gasteiger partial charge is 0.534 e. The summed E-state index contributed by atoms with van der Waals surface area (Å²) in [5.41, 5.74) is -2.70. The van der Waals surface area contributed by atoms with Crippen molar-refractivity contribution < 1.29 is 40.5 Å². The van der Waals surface area contributed by atoms with E-state index in [9.17, 15) is 31.2 Å². The number of benzene rings is 2. The van der Waals surface area contributed by atoms with E-state index >= 15 is 0 Å². The highest BCUT2D eigenvalue weighted by Gasteiger charge is 2.48. The standard InChI is InChI=1S/C10H8F3NO4S.C9H9NO2/c11-10(12,13)19(16,17)18-7-3-1-6-2-4-9(15)14-8(6)5-7;11-7-3-1-6-2-4-9(12)10-8(6)5-7/h1,3,5H,2,4H2,(H,14,15);1,3,5,11H,2,4H2,(H,10,12). The van der Waals surface area contributed by atoms with E-state index in [4.69, 9.17) is 5.11 Å². The molecule has 0 unspecified atom stereocenters. The number of aromatic hydroxyl groups is 1. The van der Waals surface area contributed by atoms with Crippen molar-refractivity contribution >= 4 is 33.3 Å². The van der Waals surface area contributed by atoms with Gasteiger partial charge in [0.2, 0.25) is 11.8 Å². The minimum atomic E-state index is -5.70. The lowest BCUT2D eigenvalue weighted by atomic mass is 10.0. The van der Waals surface area contributed by atoms with Crippen LogP contribution in [-0.4, -0.2) is 30.8 Å². The number of anilines is 2. The van der Waals surface area contributed by atoms with Crippen molar-refractivity contribution in [1.29, 1.82) is 0 Å². The molecule has 0 spiro atoms. The molecule has 31 heavy (non-hydrogen) atoms. The van der Waals surface area contributed by atoms with E-state index in [-0.39, 0.29) is 29.7 Å². The molecule has 0 aliphatic carbocycles. The highest BCUT2D eigenvalue weighted by molar-refractivity contribution is 7.88. The van der Waals surface area contributed by atoms with Crippen LogP contribution >= 0.6 is 0 Å². The Bertz CT molecular complexity index is 1130. The topological polar surface area (TPSA) is 122 Å². The maximum atomic E-state index is 12.1. The van der Waals surface area contributed by atoms with Gasteiger partial charge in [-0.05, 0) is 36.1 Å². The molecule has 12 heteroatoms. The van der Waals surface area contributed by atoms with E-state index in [0.29, 0.717) is 18.4 Å². The number of phenolic OH excluding ortho intramolecular Hbond substituents is 1. The van der Waals surface area contributed by atoms with Crippen molar-refractivity contribution in [3.05, 3.63) is 47.5 Å². The Balaban J connectivity index is 0.000000194. The Kier molecular flexibility index (Phi) is 6.11. The van der Waals surface area contributed by atoms with Gasteiger partial charge in [0, 0.05) is 36.3 Å². The summed E-state index contributed by atoms with van der Waals surface area (Å²) in [6.07, 6.45) is 2.01. The Morgan fingerprint density at radius 3 is 1.90 bits per heavy atom. The summed E-state index contributed by atoms with van der Waals surface area (Å²) in [5, 5.41) is 14.3. The lowest BCUT2D eigenvalue weighted by Crippen LogP contribution is -2.28. The fourth-order valence-corrected chi connectivity index (χ4v) is 3.39. The van der Waals surface area contributed by atoms with Crippen LogP contribution in [0.3, 0.4) is 0 Å². The molecular formula is C19H17F3N2O6S. The lowest BCUT2D eigenvalue weighted by molar-refractivity contribution is -0.117. The van der Waals surface area contributed by atoms with Crippen LogP contribution in [-0.2, 0) is 32.5 Å². The summed E-state index contributed by atoms with van der Waals surface area (Å²) < 4.78 is 62.0. The zero-order chi connectivity index (χ0) is 22.8. The summed E-state index contributed by atoms with van der Waals surface area (Å²) in [5.74, 6) is -0.578. The summed E-state index contributed by atoms with van der Waals surface area (Å²) in [6.45, 7) is 0. The number of hydrogen-bond acceptors (Lipinski definition) is 6. The first-order chi connectivity index (χ1) is 14.4. The fourth-order valence-electron chi connectivity index (χ4n) is 2.94. The highest BCUT2D eigenvalue weighted by Crippen LogP contribution is 2.31. The first-order valence-corrected chi connectivity index (χ1v) is 10.4. The average Bonchev–Trinajstić information content (AvgIpc) is 2.66. The first kappa shape index (κ1) is 22.4. The van der Waals surface area contributed by atoms with Gasteiger partial charge in [0.05, 0.1) is 0 Å². The Morgan fingerprint density at radius 2 is 1.35 bits per heavy atom. The van der Waals surface area contributed by atoms with Gasteiger partial charge in [-0.3, -0.25) is 9.59 Å². The van der Waals surface area contributed by atoms with Crippen molar-refractivity contribution in [1.82, 2.24) is 0 Å². The summed E-state index contributed by atoms with van der Waals surface area (Å²) in [7, 11) is -5.70. The molecule has 2 aromatic carbocycles. The third-order valence-electron chi connectivity index (χ3n) is 4.46. The Morgan fingerprint density at radius 1 is 0.839 bits per heavy atom. The van der Waals surface area contributed by atoms with E-state index in [1.807, 2.05) is 6.07 Å². The number of hydrogen-bond donors (Lipinski definition) is 3. The normalized spacial score (nSPS) is 15.5. The zero-order valence-corrected chi connectivity index (χ0v) is 16.6. The molecule has 2 aromatic rings. The minimum absolute atomic E-state index is 0.0214. The number of amides is 2. The lowest BCUT2D eigenvalue weighted by Gasteiger charge is -2.17. The molecule has 0 fully saturated rings. The number of halogens is 3. The molecule has 4 rings (SSSR count). The van der Waals surface area contributed by atoms with Crippen LogP contribution in [0.5, 0.6) is 11.5 Å². The van der Waals surface area contributed by atoms with Gasteiger partial charge in [0.15, 0.2) is 0 Å². The van der Waals surface area contributed by atoms with Crippen LogP contribution in [0.4, 0.5) is 24.5 Å². The molecule has 0 bridgehead atoms. The SMILES string of the molecule is O=C1CCc2ccc(O)cc2N1.O=C1CCc2ccc(OS(=O)(=O)C(F)(F)F)cc2N1. The number of carbonyl (C=O) groups is 2. The first-order valence-electron chi connectivity index (χ1n) is 9.00. The number of fused-ring (bicyclic) bond motifs is 2. The van der Waals surface area contributed by atoms with Crippen LogP contribution in [0.25, 0.3) is 0 Å². The summed E-state index contributed by atoms with van der Waals surface area (Å²) >= 11 is 0. The zero-order valence-electron chi connectivity index (χ0n) is 15.8. The molecule has 2 aliphatic heterocycles. The van der Waals surface area contributed by atoms with E-state index in [2.05, 4.69) is 14.8 Å². The number of rotatable bonds is 2. The van der Waals surface area contributed by atoms with Gasteiger partial charge in [-0.1, -0.05) is 12.1 Å². The van der Waals surface area contributed by atoms with Gasteiger partial charge in [-0.15, -0.1) is 0 Å². The molecule has 2 aliphatic rings. The molecule has 166 valence electrons. The third-order valence-corrected chi connectivity index (χ3v) is 5.43. The second-order valence-electron chi connectivity index (χ2n) is 6.74. The van der Waals surface area contributed by atoms with Crippen LogP contribution in [0, 0.1) is 0 Å². The molecule has 0 saturated carbocycles. The van der Waals surface area contributed by atoms with Crippen molar-refractivity contribution in [3.8, 4) is 11.5 Å². The second-order valence-corrected chi connectivity index (χ2v) is 8.28. The van der Waals surface area contributed by atoms with Gasteiger partial charge in [0.1, 0.15) is 11.5 Å². The van der Waals surface area contributed by atoms with Crippen molar-refractivity contribution in [2.45, 2.75) is 31.2 Å². The highest BCUT2D eigenvalue weighted by atomic mass is 32.2. The van der Waals surface area contributed by atoms with E-state index < -0.39 is 21.4 Å². The predicted molar refractivity (Wildman–Crippen MR) is 104 cm³/mol. The molecule has 0 aromatic heterocycles. The Hall–Kier alpha value is -3.28. The number of nitrogens with one attached hydrogen (secondary N) is 2. The van der Waals surface area contributed by atoms with Crippen molar-refractivity contribution in [2.75, 3.05) is 10.6 Å². The number of phenols is 1. The monoisotopic (exact) mass is 458 g/mol. The quantitative estimate of drug-likeness (QED) is 0.470. The van der Waals surface area contributed by atoms with Gasteiger partial charge in [0.25, 0.3) is 0 Å². The maximum absolute atomic E-state index is 12.1. The van der Waals surface area contributed by atoms with E-state index in [1.54, 1.807) is 12.1 Å². The molecule has 2 amide bonds. The van der Waals surface area contributed by atoms with E-state index in [1.165, 1.54) is 6.07 Å². The van der Waals surface area contributed by atoms with Gasteiger partial charge in [-0.2, -0.15) is 21.6 Å². The molecular weight excluding hydrogens is 441 g/mol. The maximum Gasteiger partial charge on any atom is 0.534 e. The molecule has 0 radical (unpaired) electrons. The fraction of sp³-hybridized carbons (Fsp3) is 0.263. The summed E-state index contributed by atoms with van der Waals surface area (Å²) in [6, 6.07) is 8.62. The Labute approximate surface area is 175 Å². The molecule has 8 nitrogen and oxygen atoms in total. The van der Waals surface area contributed by atoms with Crippen LogP contribution < -0.4 is 14.8 Å². The average molecular weight is 458 g/mol. The smallest absolute Gasteiger partial charge is 0.508 e. The number of carbonyl (C=O) groups excluding carboxylic acids is 2. The van der Waals surface area contributed by atoms with Gasteiger partial charge >= 0.3 is 15.6 Å². The predicted octanol–water partition coefficient (Wildman–Crippen LogP) is 3.08. The van der Waals surface area contributed by atoms with Crippen LogP contribution in [0.2, 0.25) is 0 Å². The van der Waals surface area contributed by atoms with E-state index in [0.717, 1.165) is 29.8 Å². The molecule has 0 saturated heterocycles. The minimum Gasteiger partial charge on any atom is -0.508 e. The second kappa shape index (κ2) is 8.46. The van der Waals surface area contributed by atoms with Crippen molar-refractivity contribution in [2.24, 2.45) is 0 Å². The number of alkyl halides is 3. The molecule has 2 heterocycles. The van der Waals surface area contributed by atoms with Gasteiger partial charge in [-0.25, -0.2) is 0 Å². The van der Waals surface area contributed by atoms with Crippen LogP contribution in [0.15, 0.2) is 36.4 Å². The van der Waals surface area contributed by atoms with Crippen LogP contribution in [0.1, 0.15) is 24.0 Å². The summed E-state index contributed by atoms with van der Waals surface area (Å²) in [4.78, 5) is 22.1. The van der Waals surface area contributed by atoms with Gasteiger partial charge < -0.3 is 19.9 Å². The number of aryl methyl sites for hydroxylation is 2. The third kappa shape index (κ3) is 5.45.